The van der Waals surface area contributed by atoms with E-state index in [-0.39, 0.29) is 5.91 Å². The molecule has 23 heavy (non-hydrogen) atoms. The van der Waals surface area contributed by atoms with Crippen LogP contribution in [0.1, 0.15) is 11.1 Å². The third-order valence-electron chi connectivity index (χ3n) is 2.89. The van der Waals surface area contributed by atoms with E-state index in [4.69, 9.17) is 16.3 Å². The largest absolute Gasteiger partial charge is 0.497 e. The van der Waals surface area contributed by atoms with Crippen LogP contribution in [0.4, 0.5) is 0 Å². The number of rotatable bonds is 7. The molecule has 0 heterocycles. The second kappa shape index (κ2) is 9.22. The zero-order chi connectivity index (χ0) is 16.5. The third kappa shape index (κ3) is 6.34. The lowest BCUT2D eigenvalue weighted by Gasteiger charge is -2.02. The van der Waals surface area contributed by atoms with Crippen molar-refractivity contribution in [3.05, 3.63) is 64.7 Å². The van der Waals surface area contributed by atoms with Crippen molar-refractivity contribution in [3.63, 3.8) is 0 Å². The van der Waals surface area contributed by atoms with Crippen molar-refractivity contribution < 1.29 is 9.53 Å². The second-order valence-electron chi connectivity index (χ2n) is 4.69. The zero-order valence-corrected chi connectivity index (χ0v) is 14.2. The summed E-state index contributed by atoms with van der Waals surface area (Å²) in [4.78, 5) is 11.7. The number of ether oxygens (including phenoxy) is 1. The molecule has 0 aliphatic carbocycles. The van der Waals surface area contributed by atoms with Gasteiger partial charge in [-0.05, 0) is 35.4 Å². The van der Waals surface area contributed by atoms with Crippen molar-refractivity contribution in [3.8, 4) is 5.75 Å². The van der Waals surface area contributed by atoms with Crippen LogP contribution in [-0.2, 0) is 10.5 Å². The number of amides is 1. The van der Waals surface area contributed by atoms with Gasteiger partial charge in [0.2, 0.25) is 5.91 Å². The minimum absolute atomic E-state index is 0.142. The van der Waals surface area contributed by atoms with Crippen LogP contribution in [0.2, 0.25) is 5.02 Å². The highest BCUT2D eigenvalue weighted by atomic mass is 35.5. The number of hydrazone groups is 1. The SMILES string of the molecule is COc1cccc(/C=N/NC(=O)CSCc2cccc(Cl)c2)c1. The Hall–Kier alpha value is -1.98. The Labute approximate surface area is 144 Å². The fourth-order valence-corrected chi connectivity index (χ4v) is 2.80. The molecule has 0 fully saturated rings. The third-order valence-corrected chi connectivity index (χ3v) is 4.13. The summed E-state index contributed by atoms with van der Waals surface area (Å²) in [6, 6.07) is 15.0. The number of methoxy groups -OCH3 is 1. The molecule has 1 N–H and O–H groups in total. The predicted molar refractivity (Wildman–Crippen MR) is 96.3 cm³/mol. The van der Waals surface area contributed by atoms with Gasteiger partial charge in [-0.25, -0.2) is 5.43 Å². The van der Waals surface area contributed by atoms with E-state index in [1.54, 1.807) is 13.3 Å². The molecule has 2 aromatic carbocycles. The molecule has 0 aliphatic heterocycles. The molecule has 0 spiro atoms. The molecule has 1 amide bonds. The molecule has 0 unspecified atom stereocenters. The Morgan fingerprint density at radius 1 is 1.30 bits per heavy atom. The lowest BCUT2D eigenvalue weighted by atomic mass is 10.2. The van der Waals surface area contributed by atoms with Gasteiger partial charge < -0.3 is 4.74 Å². The molecule has 2 rings (SSSR count). The fourth-order valence-electron chi connectivity index (χ4n) is 1.82. The van der Waals surface area contributed by atoms with Gasteiger partial charge in [0.15, 0.2) is 0 Å². The molecule has 4 nitrogen and oxygen atoms in total. The Balaban J connectivity index is 1.73. The van der Waals surface area contributed by atoms with Crippen molar-refractivity contribution in [1.29, 1.82) is 0 Å². The maximum atomic E-state index is 11.7. The summed E-state index contributed by atoms with van der Waals surface area (Å²) in [6.07, 6.45) is 1.59. The summed E-state index contributed by atoms with van der Waals surface area (Å²) in [5.74, 6) is 1.67. The van der Waals surface area contributed by atoms with Crippen molar-refractivity contribution >= 4 is 35.5 Å². The van der Waals surface area contributed by atoms with Crippen LogP contribution in [0.15, 0.2) is 53.6 Å². The van der Waals surface area contributed by atoms with Crippen LogP contribution in [0.5, 0.6) is 5.75 Å². The van der Waals surface area contributed by atoms with Crippen LogP contribution in [-0.4, -0.2) is 25.0 Å². The molecule has 0 saturated heterocycles. The average molecular weight is 349 g/mol. The van der Waals surface area contributed by atoms with Gasteiger partial charge in [-0.1, -0.05) is 35.9 Å². The number of nitrogens with one attached hydrogen (secondary N) is 1. The number of carbonyl (C=O) groups excluding carboxylic acids is 1. The molecule has 2 aromatic rings. The highest BCUT2D eigenvalue weighted by molar-refractivity contribution is 7.99. The zero-order valence-electron chi connectivity index (χ0n) is 12.7. The number of hydrogen-bond acceptors (Lipinski definition) is 4. The summed E-state index contributed by atoms with van der Waals surface area (Å²) >= 11 is 7.43. The van der Waals surface area contributed by atoms with E-state index in [1.165, 1.54) is 11.8 Å². The van der Waals surface area contributed by atoms with Crippen LogP contribution < -0.4 is 10.2 Å². The molecule has 6 heteroatoms. The fraction of sp³-hybridized carbons (Fsp3) is 0.176. The second-order valence-corrected chi connectivity index (χ2v) is 6.11. The number of benzene rings is 2. The summed E-state index contributed by atoms with van der Waals surface area (Å²) < 4.78 is 5.12. The minimum atomic E-state index is -0.142. The summed E-state index contributed by atoms with van der Waals surface area (Å²) in [5, 5.41) is 4.65. The Morgan fingerprint density at radius 3 is 2.91 bits per heavy atom. The van der Waals surface area contributed by atoms with Gasteiger partial charge in [-0.15, -0.1) is 11.8 Å². The number of halogens is 1. The van der Waals surface area contributed by atoms with Gasteiger partial charge in [-0.3, -0.25) is 4.79 Å². The van der Waals surface area contributed by atoms with E-state index in [9.17, 15) is 4.79 Å². The average Bonchev–Trinajstić information content (AvgIpc) is 2.55. The Morgan fingerprint density at radius 2 is 2.13 bits per heavy atom. The van der Waals surface area contributed by atoms with Gasteiger partial charge in [0, 0.05) is 10.8 Å². The molecular weight excluding hydrogens is 332 g/mol. The maximum absolute atomic E-state index is 11.7. The number of nitrogens with zero attached hydrogens (tertiary/aromatic N) is 1. The van der Waals surface area contributed by atoms with Gasteiger partial charge in [0.1, 0.15) is 5.75 Å². The Kier molecular flexibility index (Phi) is 6.97. The maximum Gasteiger partial charge on any atom is 0.250 e. The summed E-state index contributed by atoms with van der Waals surface area (Å²) in [5.41, 5.74) is 4.46. The number of thioether (sulfide) groups is 1. The lowest BCUT2D eigenvalue weighted by molar-refractivity contribution is -0.118. The van der Waals surface area contributed by atoms with Crippen LogP contribution in [0.25, 0.3) is 0 Å². The number of carbonyl (C=O) groups is 1. The highest BCUT2D eigenvalue weighted by Crippen LogP contribution is 2.16. The van der Waals surface area contributed by atoms with E-state index in [0.717, 1.165) is 22.6 Å². The monoisotopic (exact) mass is 348 g/mol. The van der Waals surface area contributed by atoms with E-state index < -0.39 is 0 Å². The van der Waals surface area contributed by atoms with Gasteiger partial charge >= 0.3 is 0 Å². The van der Waals surface area contributed by atoms with E-state index >= 15 is 0 Å². The molecule has 0 bridgehead atoms. The molecule has 0 atom stereocenters. The standard InChI is InChI=1S/C17H17ClN2O2S/c1-22-16-7-3-4-13(9-16)10-19-20-17(21)12-23-11-14-5-2-6-15(18)8-14/h2-10H,11-12H2,1H3,(H,20,21)/b19-10+. The highest BCUT2D eigenvalue weighted by Gasteiger charge is 2.01. The predicted octanol–water partition coefficient (Wildman–Crippen LogP) is 3.73. The molecular formula is C17H17ClN2O2S. The van der Waals surface area contributed by atoms with Crippen molar-refractivity contribution in [1.82, 2.24) is 5.43 Å². The normalized spacial score (nSPS) is 10.7. The van der Waals surface area contributed by atoms with E-state index in [2.05, 4.69) is 10.5 Å². The van der Waals surface area contributed by atoms with Gasteiger partial charge in [0.05, 0.1) is 19.1 Å². The molecule has 0 radical (unpaired) electrons. The van der Waals surface area contributed by atoms with Crippen LogP contribution in [0, 0.1) is 0 Å². The molecule has 0 aliphatic rings. The quantitative estimate of drug-likeness (QED) is 0.612. The van der Waals surface area contributed by atoms with Crippen molar-refractivity contribution in [2.24, 2.45) is 5.10 Å². The molecule has 0 aromatic heterocycles. The van der Waals surface area contributed by atoms with Gasteiger partial charge in [0.25, 0.3) is 0 Å². The minimum Gasteiger partial charge on any atom is -0.497 e. The Bertz CT molecular complexity index is 692. The molecule has 0 saturated carbocycles. The first-order valence-corrected chi connectivity index (χ1v) is 8.49. The topological polar surface area (TPSA) is 50.7 Å². The first-order valence-electron chi connectivity index (χ1n) is 6.95. The van der Waals surface area contributed by atoms with Crippen molar-refractivity contribution in [2.45, 2.75) is 5.75 Å². The first-order chi connectivity index (χ1) is 11.2. The van der Waals surface area contributed by atoms with Crippen LogP contribution in [0.3, 0.4) is 0 Å². The summed E-state index contributed by atoms with van der Waals surface area (Å²) in [7, 11) is 1.61. The van der Waals surface area contributed by atoms with Crippen molar-refractivity contribution in [2.75, 3.05) is 12.9 Å². The first kappa shape index (κ1) is 17.4. The van der Waals surface area contributed by atoms with Crippen LogP contribution >= 0.6 is 23.4 Å². The summed E-state index contributed by atoms with van der Waals surface area (Å²) in [6.45, 7) is 0. The van der Waals surface area contributed by atoms with E-state index in [1.807, 2.05) is 48.5 Å². The number of hydrogen-bond donors (Lipinski definition) is 1. The lowest BCUT2D eigenvalue weighted by Crippen LogP contribution is -2.19. The van der Waals surface area contributed by atoms with Gasteiger partial charge in [-0.2, -0.15) is 5.10 Å². The molecule has 120 valence electrons. The van der Waals surface area contributed by atoms with E-state index in [0.29, 0.717) is 10.8 Å². The smallest absolute Gasteiger partial charge is 0.250 e.